The minimum absolute atomic E-state index is 0.0110. The molecule has 3 rings (SSSR count). The number of carbonyl (C=O) groups is 2. The number of hydrogen-bond donors (Lipinski definition) is 1. The largest absolute Gasteiger partial charge is 0.354 e. The summed E-state index contributed by atoms with van der Waals surface area (Å²) in [4.78, 5) is 34.6. The maximum atomic E-state index is 13.2. The van der Waals surface area contributed by atoms with Crippen LogP contribution in [0.4, 0.5) is 0 Å². The van der Waals surface area contributed by atoms with Crippen molar-refractivity contribution in [1.82, 2.24) is 20.1 Å². The monoisotopic (exact) mass is 414 g/mol. The number of aromatic nitrogens is 1. The number of amides is 2. The fourth-order valence-electron chi connectivity index (χ4n) is 5.09. The second-order valence-corrected chi connectivity index (χ2v) is 9.49. The van der Waals surface area contributed by atoms with Gasteiger partial charge in [0.2, 0.25) is 5.91 Å². The van der Waals surface area contributed by atoms with Crippen molar-refractivity contribution >= 4 is 11.8 Å². The molecule has 1 aromatic heterocycles. The molecule has 2 fully saturated rings. The lowest BCUT2D eigenvalue weighted by molar-refractivity contribution is -0.125. The number of pyridine rings is 1. The van der Waals surface area contributed by atoms with Crippen LogP contribution in [0.5, 0.6) is 0 Å². The van der Waals surface area contributed by atoms with Crippen LogP contribution in [0, 0.1) is 12.8 Å². The molecular weight excluding hydrogens is 376 g/mol. The Morgan fingerprint density at radius 2 is 1.93 bits per heavy atom. The van der Waals surface area contributed by atoms with E-state index in [0.717, 1.165) is 37.9 Å². The van der Waals surface area contributed by atoms with E-state index in [-0.39, 0.29) is 17.4 Å². The Balaban J connectivity index is 1.79. The Labute approximate surface area is 181 Å². The lowest BCUT2D eigenvalue weighted by Gasteiger charge is -2.47. The molecule has 0 unspecified atom stereocenters. The molecule has 1 aliphatic heterocycles. The van der Waals surface area contributed by atoms with Gasteiger partial charge in [-0.2, -0.15) is 0 Å². The molecule has 2 heterocycles. The van der Waals surface area contributed by atoms with Gasteiger partial charge in [0.1, 0.15) is 0 Å². The van der Waals surface area contributed by atoms with Gasteiger partial charge in [0.25, 0.3) is 5.91 Å². The molecule has 0 bridgehead atoms. The Morgan fingerprint density at radius 3 is 2.63 bits per heavy atom. The summed E-state index contributed by atoms with van der Waals surface area (Å²) in [6.45, 7) is 10.1. The van der Waals surface area contributed by atoms with Gasteiger partial charge < -0.3 is 10.2 Å². The fourth-order valence-corrected chi connectivity index (χ4v) is 5.09. The minimum atomic E-state index is -0.0221. The number of nitrogens with zero attached hydrogens (tertiary/aromatic N) is 3. The Morgan fingerprint density at radius 1 is 1.17 bits per heavy atom. The van der Waals surface area contributed by atoms with Crippen molar-refractivity contribution in [3.05, 3.63) is 29.6 Å². The highest BCUT2D eigenvalue weighted by molar-refractivity contribution is 5.95. The van der Waals surface area contributed by atoms with Crippen molar-refractivity contribution in [2.45, 2.75) is 71.3 Å². The topological polar surface area (TPSA) is 65.5 Å². The maximum absolute atomic E-state index is 13.2. The highest BCUT2D eigenvalue weighted by atomic mass is 16.2. The second kappa shape index (κ2) is 10.4. The van der Waals surface area contributed by atoms with Gasteiger partial charge in [-0.15, -0.1) is 0 Å². The van der Waals surface area contributed by atoms with Crippen LogP contribution in [0.1, 0.15) is 74.7 Å². The fraction of sp³-hybridized carbons (Fsp3) is 0.708. The maximum Gasteiger partial charge on any atom is 0.255 e. The van der Waals surface area contributed by atoms with Crippen molar-refractivity contribution in [1.29, 1.82) is 0 Å². The molecule has 0 atom stereocenters. The van der Waals surface area contributed by atoms with Gasteiger partial charge >= 0.3 is 0 Å². The lowest BCUT2D eigenvalue weighted by Crippen LogP contribution is -2.54. The van der Waals surface area contributed by atoms with E-state index < -0.39 is 0 Å². The Kier molecular flexibility index (Phi) is 7.87. The van der Waals surface area contributed by atoms with Crippen LogP contribution in [0.15, 0.2) is 18.5 Å². The molecule has 30 heavy (non-hydrogen) atoms. The van der Waals surface area contributed by atoms with Gasteiger partial charge in [-0.3, -0.25) is 19.5 Å². The zero-order valence-corrected chi connectivity index (χ0v) is 19.0. The normalized spacial score (nSPS) is 21.3. The van der Waals surface area contributed by atoms with Gasteiger partial charge in [-0.25, -0.2) is 0 Å². The zero-order valence-electron chi connectivity index (χ0n) is 19.0. The van der Waals surface area contributed by atoms with Crippen molar-refractivity contribution < 1.29 is 9.59 Å². The van der Waals surface area contributed by atoms with Crippen LogP contribution in [-0.4, -0.2) is 64.9 Å². The summed E-state index contributed by atoms with van der Waals surface area (Å²) < 4.78 is 0. The summed E-state index contributed by atoms with van der Waals surface area (Å²) >= 11 is 0. The molecule has 6 nitrogen and oxygen atoms in total. The number of carbonyl (C=O) groups excluding carboxylic acids is 2. The van der Waals surface area contributed by atoms with E-state index in [4.69, 9.17) is 0 Å². The molecule has 1 saturated carbocycles. The summed E-state index contributed by atoms with van der Waals surface area (Å²) in [7, 11) is 0. The first kappa shape index (κ1) is 22.7. The molecule has 166 valence electrons. The van der Waals surface area contributed by atoms with Crippen molar-refractivity contribution in [2.24, 2.45) is 5.92 Å². The number of hydrogen-bond acceptors (Lipinski definition) is 4. The first-order valence-corrected chi connectivity index (χ1v) is 11.6. The molecule has 1 N–H and O–H groups in total. The quantitative estimate of drug-likeness (QED) is 0.823. The van der Waals surface area contributed by atoms with Gasteiger partial charge in [-0.1, -0.05) is 33.1 Å². The van der Waals surface area contributed by atoms with E-state index in [1.807, 2.05) is 17.9 Å². The van der Waals surface area contributed by atoms with E-state index in [1.165, 1.54) is 19.3 Å². The van der Waals surface area contributed by atoms with Crippen LogP contribution < -0.4 is 5.32 Å². The van der Waals surface area contributed by atoms with Gasteiger partial charge in [-0.05, 0) is 43.7 Å². The molecule has 1 aliphatic carbocycles. The number of nitrogens with one attached hydrogen (secondary N) is 1. The van der Waals surface area contributed by atoms with Crippen molar-refractivity contribution in [2.75, 3.05) is 32.7 Å². The van der Waals surface area contributed by atoms with Crippen LogP contribution in [0.25, 0.3) is 0 Å². The third-order valence-corrected chi connectivity index (χ3v) is 6.65. The molecule has 0 radical (unpaired) electrons. The molecule has 6 heteroatoms. The summed E-state index contributed by atoms with van der Waals surface area (Å²) in [5.74, 6) is 0.683. The van der Waals surface area contributed by atoms with Gasteiger partial charge in [0, 0.05) is 57.1 Å². The van der Waals surface area contributed by atoms with E-state index in [2.05, 4.69) is 29.0 Å². The van der Waals surface area contributed by atoms with E-state index >= 15 is 0 Å². The summed E-state index contributed by atoms with van der Waals surface area (Å²) in [5, 5.41) is 3.10. The average molecular weight is 415 g/mol. The Hall–Kier alpha value is -1.95. The smallest absolute Gasteiger partial charge is 0.255 e. The van der Waals surface area contributed by atoms with E-state index in [9.17, 15) is 9.59 Å². The summed E-state index contributed by atoms with van der Waals surface area (Å²) in [6, 6.07) is 1.87. The van der Waals surface area contributed by atoms with E-state index in [1.54, 1.807) is 12.4 Å². The van der Waals surface area contributed by atoms with Crippen LogP contribution in [-0.2, 0) is 4.79 Å². The first-order valence-electron chi connectivity index (χ1n) is 11.6. The molecule has 0 aromatic carbocycles. The third kappa shape index (κ3) is 5.60. The molecular formula is C24H38N4O2. The molecule has 1 aromatic rings. The van der Waals surface area contributed by atoms with Gasteiger partial charge in [0.15, 0.2) is 0 Å². The van der Waals surface area contributed by atoms with Crippen molar-refractivity contribution in [3.8, 4) is 0 Å². The van der Waals surface area contributed by atoms with Crippen LogP contribution in [0.2, 0.25) is 0 Å². The number of rotatable bonds is 3. The molecule has 2 aliphatic rings. The van der Waals surface area contributed by atoms with Gasteiger partial charge in [0.05, 0.1) is 5.56 Å². The first-order chi connectivity index (χ1) is 14.4. The highest BCUT2D eigenvalue weighted by Gasteiger charge is 2.40. The SMILES string of the molecule is Cc1ccncc1C(=O)N1CCCN(CC(C)C)C2(CCCCC2)CC(=O)NCC1. The van der Waals surface area contributed by atoms with Crippen LogP contribution in [0.3, 0.4) is 0 Å². The van der Waals surface area contributed by atoms with Crippen molar-refractivity contribution in [3.63, 3.8) is 0 Å². The predicted molar refractivity (Wildman–Crippen MR) is 119 cm³/mol. The predicted octanol–water partition coefficient (Wildman–Crippen LogP) is 3.40. The third-order valence-electron chi connectivity index (χ3n) is 6.65. The van der Waals surface area contributed by atoms with E-state index in [0.29, 0.717) is 37.5 Å². The zero-order chi connectivity index (χ0) is 21.6. The standard InChI is InChI=1S/C24H38N4O2/c1-19(2)18-28-14-7-13-27(23(30)21-17-25-11-8-20(21)3)15-12-26-22(29)16-24(28)9-5-4-6-10-24/h8,11,17,19H,4-7,9-10,12-16,18H2,1-3H3,(H,26,29). The second-order valence-electron chi connectivity index (χ2n) is 9.49. The van der Waals surface area contributed by atoms with Crippen LogP contribution >= 0.6 is 0 Å². The lowest BCUT2D eigenvalue weighted by atomic mass is 9.77. The molecule has 1 spiro atoms. The molecule has 2 amide bonds. The molecule has 1 saturated heterocycles. The summed E-state index contributed by atoms with van der Waals surface area (Å²) in [5.41, 5.74) is 1.57. The Bertz CT molecular complexity index is 728. The summed E-state index contributed by atoms with van der Waals surface area (Å²) in [6.07, 6.45) is 10.7. The highest BCUT2D eigenvalue weighted by Crippen LogP contribution is 2.37. The average Bonchev–Trinajstić information content (AvgIpc) is 2.74. The minimum Gasteiger partial charge on any atom is -0.354 e. The number of aryl methyl sites for hydroxylation is 1.